The fourth-order valence-electron chi connectivity index (χ4n) is 1.50. The molecule has 0 radical (unpaired) electrons. The van der Waals surface area contributed by atoms with E-state index in [9.17, 15) is 0 Å². The minimum Gasteiger partial charge on any atom is -0.357 e. The van der Waals surface area contributed by atoms with Crippen molar-refractivity contribution in [3.8, 4) is 0 Å². The molecule has 0 saturated heterocycles. The fraction of sp³-hybridized carbons (Fsp3) is 0.400. The molecule has 2 aromatic rings. The summed E-state index contributed by atoms with van der Waals surface area (Å²) in [6, 6.07) is 0. The van der Waals surface area contributed by atoms with Crippen molar-refractivity contribution in [2.24, 2.45) is 0 Å². The zero-order valence-corrected chi connectivity index (χ0v) is 12.7. The second-order valence-corrected chi connectivity index (χ2v) is 4.75. The summed E-state index contributed by atoms with van der Waals surface area (Å²) in [6.45, 7) is 0. The number of nitrogens with one attached hydrogen (secondary N) is 1. The molecule has 2 heterocycles. The molecule has 0 aliphatic heterocycles. The van der Waals surface area contributed by atoms with Gasteiger partial charge in [0, 0.05) is 19.9 Å². The van der Waals surface area contributed by atoms with Gasteiger partial charge in [0.1, 0.15) is 11.6 Å². The largest absolute Gasteiger partial charge is 0.357 e. The topological polar surface area (TPSA) is 89.4 Å². The van der Waals surface area contributed by atoms with Gasteiger partial charge in [-0.25, -0.2) is 15.0 Å². The third-order valence-corrected chi connectivity index (χ3v) is 2.81. The molecular weight excluding hydrogens is 325 g/mol. The summed E-state index contributed by atoms with van der Waals surface area (Å²) in [7, 11) is 1.71. The molecule has 0 atom stereocenters. The lowest BCUT2D eigenvalue weighted by molar-refractivity contribution is 0.727. The second kappa shape index (κ2) is 6.92. The van der Waals surface area contributed by atoms with E-state index in [0.717, 1.165) is 6.42 Å². The quantitative estimate of drug-likeness (QED) is 0.896. The van der Waals surface area contributed by atoms with E-state index in [0.29, 0.717) is 30.4 Å². The van der Waals surface area contributed by atoms with Gasteiger partial charge in [-0.05, 0) is 41.2 Å². The van der Waals surface area contributed by atoms with E-state index in [-0.39, 0.29) is 15.9 Å². The summed E-state index contributed by atoms with van der Waals surface area (Å²) in [5, 5.41) is 3.14. The first-order valence-corrected chi connectivity index (χ1v) is 6.84. The molecule has 0 unspecified atom stereocenters. The van der Waals surface area contributed by atoms with Crippen LogP contribution in [0.2, 0.25) is 15.9 Å². The van der Waals surface area contributed by atoms with Gasteiger partial charge in [0.2, 0.25) is 21.8 Å². The van der Waals surface area contributed by atoms with Crippen LogP contribution in [0.3, 0.4) is 0 Å². The molecule has 106 valence electrons. The van der Waals surface area contributed by atoms with Crippen molar-refractivity contribution >= 4 is 40.8 Å². The van der Waals surface area contributed by atoms with Gasteiger partial charge in [-0.15, -0.1) is 0 Å². The Morgan fingerprint density at radius 1 is 0.750 bits per heavy atom. The van der Waals surface area contributed by atoms with Gasteiger partial charge >= 0.3 is 0 Å². The van der Waals surface area contributed by atoms with Crippen LogP contribution in [0.5, 0.6) is 0 Å². The lowest BCUT2D eigenvalue weighted by Crippen LogP contribution is -2.05. The Hall–Kier alpha value is -1.31. The van der Waals surface area contributed by atoms with Crippen LogP contribution in [-0.2, 0) is 12.8 Å². The number of halogens is 3. The van der Waals surface area contributed by atoms with E-state index in [1.54, 1.807) is 7.05 Å². The third kappa shape index (κ3) is 4.36. The maximum absolute atomic E-state index is 5.80. The predicted molar refractivity (Wildman–Crippen MR) is 76.3 cm³/mol. The van der Waals surface area contributed by atoms with Gasteiger partial charge in [-0.3, -0.25) is 0 Å². The minimum atomic E-state index is 0.0840. The van der Waals surface area contributed by atoms with Crippen LogP contribution in [0.1, 0.15) is 18.1 Å². The first kappa shape index (κ1) is 15.1. The van der Waals surface area contributed by atoms with E-state index in [2.05, 4.69) is 35.2 Å². The molecule has 0 fully saturated rings. The molecular formula is C10H10Cl3N7. The van der Waals surface area contributed by atoms with Crippen LogP contribution in [0, 0.1) is 0 Å². The molecule has 0 spiro atoms. The predicted octanol–water partition coefficient (Wildman–Crippen LogP) is 2.23. The SMILES string of the molecule is CNc1nc(Cl)nc(CCCc2nc(Cl)nc(Cl)n2)n1. The number of aromatic nitrogens is 6. The Morgan fingerprint density at radius 2 is 1.25 bits per heavy atom. The van der Waals surface area contributed by atoms with Crippen LogP contribution in [-0.4, -0.2) is 37.0 Å². The normalized spacial score (nSPS) is 10.6. The molecule has 2 rings (SSSR count). The van der Waals surface area contributed by atoms with Crippen LogP contribution < -0.4 is 5.32 Å². The maximum Gasteiger partial charge on any atom is 0.227 e. The van der Waals surface area contributed by atoms with Gasteiger partial charge in [-0.1, -0.05) is 0 Å². The van der Waals surface area contributed by atoms with E-state index in [1.165, 1.54) is 0 Å². The van der Waals surface area contributed by atoms with Gasteiger partial charge in [0.15, 0.2) is 0 Å². The lowest BCUT2D eigenvalue weighted by Gasteiger charge is -2.03. The number of rotatable bonds is 5. The smallest absolute Gasteiger partial charge is 0.227 e. The lowest BCUT2D eigenvalue weighted by atomic mass is 10.2. The van der Waals surface area contributed by atoms with Crippen molar-refractivity contribution in [3.63, 3.8) is 0 Å². The average Bonchev–Trinajstić information content (AvgIpc) is 2.37. The van der Waals surface area contributed by atoms with Crippen molar-refractivity contribution in [2.45, 2.75) is 19.3 Å². The summed E-state index contributed by atoms with van der Waals surface area (Å²) in [5.74, 6) is 1.57. The first-order valence-electron chi connectivity index (χ1n) is 5.71. The first-order chi connectivity index (χ1) is 9.56. The van der Waals surface area contributed by atoms with E-state index >= 15 is 0 Å². The number of hydrogen-bond donors (Lipinski definition) is 1. The summed E-state index contributed by atoms with van der Waals surface area (Å²) in [6.07, 6.45) is 1.91. The van der Waals surface area contributed by atoms with Crippen molar-refractivity contribution in [2.75, 3.05) is 12.4 Å². The summed E-state index contributed by atoms with van der Waals surface area (Å²) < 4.78 is 0. The molecule has 10 heteroatoms. The highest BCUT2D eigenvalue weighted by Crippen LogP contribution is 2.10. The highest BCUT2D eigenvalue weighted by molar-refractivity contribution is 6.31. The van der Waals surface area contributed by atoms with Gasteiger partial charge in [0.05, 0.1) is 0 Å². The standard InChI is InChI=1S/C10H10Cl3N7/c1-14-10-18-6(17-9(13)20-10)4-2-3-5-15-7(11)19-8(12)16-5/h2-4H2,1H3,(H,14,17,18,20). The minimum absolute atomic E-state index is 0.0840. The zero-order chi connectivity index (χ0) is 14.5. The Morgan fingerprint density at radius 3 is 1.80 bits per heavy atom. The molecule has 0 bridgehead atoms. The molecule has 0 amide bonds. The summed E-state index contributed by atoms with van der Waals surface area (Å²) >= 11 is 17.2. The summed E-state index contributed by atoms with van der Waals surface area (Å²) in [4.78, 5) is 23.8. The molecule has 20 heavy (non-hydrogen) atoms. The molecule has 0 aliphatic carbocycles. The molecule has 0 aliphatic rings. The van der Waals surface area contributed by atoms with E-state index in [4.69, 9.17) is 34.8 Å². The fourth-order valence-corrected chi connectivity index (χ4v) is 2.07. The monoisotopic (exact) mass is 333 g/mol. The molecule has 1 N–H and O–H groups in total. The average molecular weight is 335 g/mol. The molecule has 0 aromatic carbocycles. The number of aryl methyl sites for hydroxylation is 2. The van der Waals surface area contributed by atoms with Gasteiger partial charge in [0.25, 0.3) is 0 Å². The number of hydrogen-bond acceptors (Lipinski definition) is 7. The Bertz CT molecular complexity index is 587. The van der Waals surface area contributed by atoms with Crippen molar-refractivity contribution in [1.82, 2.24) is 29.9 Å². The highest BCUT2D eigenvalue weighted by Gasteiger charge is 2.06. The van der Waals surface area contributed by atoms with Crippen LogP contribution in [0.15, 0.2) is 0 Å². The highest BCUT2D eigenvalue weighted by atomic mass is 35.5. The van der Waals surface area contributed by atoms with Crippen LogP contribution in [0.25, 0.3) is 0 Å². The number of anilines is 1. The Kier molecular flexibility index (Phi) is 5.22. The third-order valence-electron chi connectivity index (χ3n) is 2.31. The Balaban J connectivity index is 1.97. The Labute approximate surface area is 130 Å². The zero-order valence-electron chi connectivity index (χ0n) is 10.4. The second-order valence-electron chi connectivity index (χ2n) is 3.74. The molecule has 0 saturated carbocycles. The number of nitrogens with zero attached hydrogens (tertiary/aromatic N) is 6. The van der Waals surface area contributed by atoms with Gasteiger partial charge < -0.3 is 5.32 Å². The maximum atomic E-state index is 5.80. The van der Waals surface area contributed by atoms with Crippen molar-refractivity contribution in [1.29, 1.82) is 0 Å². The van der Waals surface area contributed by atoms with Crippen molar-refractivity contribution < 1.29 is 0 Å². The van der Waals surface area contributed by atoms with Gasteiger partial charge in [-0.2, -0.15) is 15.0 Å². The summed E-state index contributed by atoms with van der Waals surface area (Å²) in [5.41, 5.74) is 0. The van der Waals surface area contributed by atoms with E-state index in [1.807, 2.05) is 0 Å². The van der Waals surface area contributed by atoms with Crippen LogP contribution in [0.4, 0.5) is 5.95 Å². The van der Waals surface area contributed by atoms with E-state index < -0.39 is 0 Å². The van der Waals surface area contributed by atoms with Crippen molar-refractivity contribution in [3.05, 3.63) is 27.5 Å². The molecule has 2 aromatic heterocycles. The molecule has 7 nitrogen and oxygen atoms in total. The van der Waals surface area contributed by atoms with Crippen LogP contribution >= 0.6 is 34.8 Å².